The van der Waals surface area contributed by atoms with E-state index in [1.807, 2.05) is 58.1 Å². The Balaban J connectivity index is 1.70. The smallest absolute Gasteiger partial charge is 0.329 e. The van der Waals surface area contributed by atoms with Crippen LogP contribution in [0.1, 0.15) is 126 Å². The Morgan fingerprint density at radius 3 is 2.26 bits per heavy atom. The summed E-state index contributed by atoms with van der Waals surface area (Å²) in [6.45, 7) is 12.7. The predicted molar refractivity (Wildman–Crippen MR) is 245 cm³/mol. The highest BCUT2D eigenvalue weighted by molar-refractivity contribution is 6.39. The summed E-state index contributed by atoms with van der Waals surface area (Å²) in [4.78, 5) is 71.7. The van der Waals surface area contributed by atoms with E-state index in [1.165, 1.54) is 12.0 Å². The van der Waals surface area contributed by atoms with Gasteiger partial charge in [-0.25, -0.2) is 4.79 Å². The van der Waals surface area contributed by atoms with Crippen LogP contribution < -0.4 is 0 Å². The zero-order valence-corrected chi connectivity index (χ0v) is 40.6. The standard InChI is InChI=1S/C51H79NO13/c1-30-16-12-11-13-17-31(2)42(61-8)28-38-21-19-36(7)51(60,65-38)48(57)49(58)52-23-15-14-18-39(52)50(59)64-43(33(4)26-37-20-22-40(53)44(27-37)62-9)29-41(54)32(3)25-35(6)46(56)47(63-10)45(55)34(5)24-30/h11-13,16-17,25,30,33-40,42-44,46-47,53,56,60H,14-15,18-24,26-29H2,1-10H3/t30-,33-,34-,35?,36-,37+,38+,39+,40-,42+,43?,44-,46-,47-,51-/m1/s1. The summed E-state index contributed by atoms with van der Waals surface area (Å²) in [5.41, 5.74) is 1.19. The van der Waals surface area contributed by atoms with Gasteiger partial charge >= 0.3 is 5.97 Å². The molecule has 14 nitrogen and oxygen atoms in total. The van der Waals surface area contributed by atoms with Crippen LogP contribution in [0.15, 0.2) is 47.6 Å². The number of cyclic esters (lactones) is 1. The number of amides is 1. The number of hydrogen-bond donors (Lipinski definition) is 3. The number of ketones is 3. The summed E-state index contributed by atoms with van der Waals surface area (Å²) in [5.74, 6) is -7.93. The summed E-state index contributed by atoms with van der Waals surface area (Å²) in [7, 11) is 4.53. The van der Waals surface area contributed by atoms with E-state index < -0.39 is 83.9 Å². The van der Waals surface area contributed by atoms with Crippen LogP contribution in [0.3, 0.4) is 0 Å². The first-order valence-electron chi connectivity index (χ1n) is 23.9. The number of piperidine rings is 1. The van der Waals surface area contributed by atoms with Crippen molar-refractivity contribution in [2.24, 2.45) is 35.5 Å². The summed E-state index contributed by atoms with van der Waals surface area (Å²) in [5, 5.41) is 33.9. The van der Waals surface area contributed by atoms with Gasteiger partial charge in [-0.05, 0) is 107 Å². The molecule has 3 N–H and O–H groups in total. The molecule has 3 fully saturated rings. The van der Waals surface area contributed by atoms with Crippen molar-refractivity contribution in [3.8, 4) is 0 Å². The first-order valence-corrected chi connectivity index (χ1v) is 23.9. The summed E-state index contributed by atoms with van der Waals surface area (Å²) in [6.07, 6.45) is 11.2. The number of rotatable bonds is 6. The van der Waals surface area contributed by atoms with Gasteiger partial charge in [-0.3, -0.25) is 19.2 Å². The van der Waals surface area contributed by atoms with Crippen LogP contribution in [0.2, 0.25) is 0 Å². The van der Waals surface area contributed by atoms with Crippen molar-refractivity contribution in [1.29, 1.82) is 0 Å². The molecule has 3 heterocycles. The van der Waals surface area contributed by atoms with E-state index in [2.05, 4.69) is 0 Å². The van der Waals surface area contributed by atoms with Crippen molar-refractivity contribution >= 4 is 29.2 Å². The van der Waals surface area contributed by atoms with Crippen molar-refractivity contribution in [2.75, 3.05) is 27.9 Å². The van der Waals surface area contributed by atoms with Crippen molar-refractivity contribution < 1.29 is 63.0 Å². The number of allylic oxidation sites excluding steroid dienone is 6. The Morgan fingerprint density at radius 2 is 1.58 bits per heavy atom. The number of ether oxygens (including phenoxy) is 5. The third-order valence-electron chi connectivity index (χ3n) is 14.5. The molecule has 0 aromatic rings. The fraction of sp³-hybridized carbons (Fsp3) is 0.745. The largest absolute Gasteiger partial charge is 0.460 e. The van der Waals surface area contributed by atoms with Crippen molar-refractivity contribution in [1.82, 2.24) is 4.90 Å². The number of aliphatic hydroxyl groups excluding tert-OH is 2. The number of fused-ring (bicyclic) bond motifs is 3. The second-order valence-electron chi connectivity index (χ2n) is 19.6. The second kappa shape index (κ2) is 25.1. The number of carbonyl (C=O) groups excluding carboxylic acids is 5. The van der Waals surface area contributed by atoms with E-state index in [0.29, 0.717) is 63.4 Å². The van der Waals surface area contributed by atoms with Gasteiger partial charge in [-0.15, -0.1) is 0 Å². The highest BCUT2D eigenvalue weighted by Gasteiger charge is 2.53. The molecule has 0 aromatic heterocycles. The Hall–Kier alpha value is -3.37. The topological polar surface area (TPSA) is 195 Å². The molecule has 14 heteroatoms. The lowest BCUT2D eigenvalue weighted by atomic mass is 9.78. The molecule has 65 heavy (non-hydrogen) atoms. The molecule has 4 aliphatic rings. The number of carbonyl (C=O) groups is 5. The van der Waals surface area contributed by atoms with Crippen LogP contribution in [-0.2, 0) is 47.7 Å². The van der Waals surface area contributed by atoms with Gasteiger partial charge < -0.3 is 43.9 Å². The minimum atomic E-state index is -2.43. The Bertz CT molecular complexity index is 1760. The molecule has 2 bridgehead atoms. The molecule has 366 valence electrons. The van der Waals surface area contributed by atoms with Gasteiger partial charge in [-0.2, -0.15) is 0 Å². The molecule has 0 radical (unpaired) electrons. The van der Waals surface area contributed by atoms with Crippen LogP contribution in [-0.4, -0.2) is 132 Å². The van der Waals surface area contributed by atoms with Crippen molar-refractivity contribution in [3.63, 3.8) is 0 Å². The van der Waals surface area contributed by atoms with Crippen LogP contribution in [0, 0.1) is 35.5 Å². The van der Waals surface area contributed by atoms with Crippen molar-refractivity contribution in [3.05, 3.63) is 47.6 Å². The fourth-order valence-electron chi connectivity index (χ4n) is 10.1. The lowest BCUT2D eigenvalue weighted by molar-refractivity contribution is -0.265. The third-order valence-corrected chi connectivity index (χ3v) is 14.5. The molecule has 15 atom stereocenters. The quantitative estimate of drug-likeness (QED) is 0.202. The van der Waals surface area contributed by atoms with Crippen LogP contribution in [0.5, 0.6) is 0 Å². The molecule has 1 saturated carbocycles. The van der Waals surface area contributed by atoms with Gasteiger partial charge in [0.2, 0.25) is 5.79 Å². The fourth-order valence-corrected chi connectivity index (χ4v) is 10.1. The van der Waals surface area contributed by atoms with E-state index in [0.717, 1.165) is 12.0 Å². The molecule has 4 rings (SSSR count). The SMILES string of the molecule is CO[C@H]1C[C@@H]2CC[C@@H](C)[C@@](O)(O2)C(=O)C(=O)N2CCCC[C@H]2C(=O)OC([C@H](C)C[C@@H]2CC[C@@H](O)[C@H](OC)C2)CC(=O)C(C)=CC(C)[C@@H](O)[C@H](OC)C(=O)[C@H](C)C[C@H](C)C=CC=CC=C1C. The number of nitrogens with zero attached hydrogens (tertiary/aromatic N) is 1. The molecule has 2 saturated heterocycles. The van der Waals surface area contributed by atoms with Gasteiger partial charge in [0, 0.05) is 58.5 Å². The molecule has 1 aliphatic carbocycles. The number of Topliss-reactive ketones (excluding diaryl/α,β-unsaturated/α-hetero) is 3. The molecule has 3 aliphatic heterocycles. The van der Waals surface area contributed by atoms with Gasteiger partial charge in [0.15, 0.2) is 11.6 Å². The average Bonchev–Trinajstić information content (AvgIpc) is 3.28. The molecular formula is C51H79NO13. The molecule has 2 unspecified atom stereocenters. The van der Waals surface area contributed by atoms with Crippen LogP contribution in [0.25, 0.3) is 0 Å². The predicted octanol–water partition coefficient (Wildman–Crippen LogP) is 6.18. The monoisotopic (exact) mass is 914 g/mol. The zero-order valence-electron chi connectivity index (χ0n) is 40.6. The molecule has 1 amide bonds. The van der Waals surface area contributed by atoms with Gasteiger partial charge in [0.05, 0.1) is 30.5 Å². The third kappa shape index (κ3) is 14.3. The second-order valence-corrected chi connectivity index (χ2v) is 19.6. The van der Waals surface area contributed by atoms with Gasteiger partial charge in [0.25, 0.3) is 11.7 Å². The van der Waals surface area contributed by atoms with Crippen molar-refractivity contribution in [2.45, 2.75) is 180 Å². The summed E-state index contributed by atoms with van der Waals surface area (Å²) < 4.78 is 29.4. The number of hydrogen-bond acceptors (Lipinski definition) is 13. The normalized spacial score (nSPS) is 37.8. The number of esters is 1. The van der Waals surface area contributed by atoms with E-state index in [9.17, 15) is 39.3 Å². The van der Waals surface area contributed by atoms with E-state index in [1.54, 1.807) is 41.1 Å². The highest BCUT2D eigenvalue weighted by atomic mass is 16.6. The minimum absolute atomic E-state index is 0.0220. The number of methoxy groups -OCH3 is 3. The molecule has 0 spiro atoms. The summed E-state index contributed by atoms with van der Waals surface area (Å²) >= 11 is 0. The number of aliphatic hydroxyl groups is 3. The Kier molecular flexibility index (Phi) is 21.0. The lowest BCUT2D eigenvalue weighted by Crippen LogP contribution is -2.61. The Morgan fingerprint density at radius 1 is 0.862 bits per heavy atom. The van der Waals surface area contributed by atoms with Gasteiger partial charge in [0.1, 0.15) is 18.2 Å². The maximum absolute atomic E-state index is 14.4. The highest BCUT2D eigenvalue weighted by Crippen LogP contribution is 2.38. The average molecular weight is 914 g/mol. The first-order chi connectivity index (χ1) is 30.7. The van der Waals surface area contributed by atoms with E-state index in [4.69, 9.17) is 23.7 Å². The Labute approximate surface area is 387 Å². The van der Waals surface area contributed by atoms with E-state index in [-0.39, 0.29) is 54.8 Å². The maximum atomic E-state index is 14.4. The lowest BCUT2D eigenvalue weighted by Gasteiger charge is -2.42. The maximum Gasteiger partial charge on any atom is 0.329 e. The summed E-state index contributed by atoms with van der Waals surface area (Å²) in [6, 6.07) is -1.14. The molecular weight excluding hydrogens is 835 g/mol. The van der Waals surface area contributed by atoms with Gasteiger partial charge in [-0.1, -0.05) is 71.1 Å². The zero-order chi connectivity index (χ0) is 48.2. The first kappa shape index (κ1) is 54.2. The minimum Gasteiger partial charge on any atom is -0.460 e. The molecule has 0 aromatic carbocycles. The van der Waals surface area contributed by atoms with E-state index >= 15 is 0 Å². The van der Waals surface area contributed by atoms with Crippen LogP contribution >= 0.6 is 0 Å². The van der Waals surface area contributed by atoms with Crippen LogP contribution in [0.4, 0.5) is 0 Å².